The Morgan fingerprint density at radius 1 is 1.32 bits per heavy atom. The molecule has 3 heteroatoms. The molecule has 1 heterocycles. The van der Waals surface area contributed by atoms with Crippen LogP contribution in [0.1, 0.15) is 65.2 Å². The van der Waals surface area contributed by atoms with Crippen molar-refractivity contribution in [2.45, 2.75) is 77.3 Å². The molecule has 0 aromatic heterocycles. The SMILES string of the molecule is CCCC1CCC(NC(C)CN2CCCC2=O)CC1. The maximum atomic E-state index is 11.6. The Morgan fingerprint density at radius 2 is 2.05 bits per heavy atom. The van der Waals surface area contributed by atoms with Gasteiger partial charge >= 0.3 is 0 Å². The van der Waals surface area contributed by atoms with Gasteiger partial charge in [-0.15, -0.1) is 0 Å². The van der Waals surface area contributed by atoms with Crippen molar-refractivity contribution < 1.29 is 4.79 Å². The Morgan fingerprint density at radius 3 is 2.63 bits per heavy atom. The topological polar surface area (TPSA) is 32.3 Å². The van der Waals surface area contributed by atoms with Crippen LogP contribution in [0, 0.1) is 5.92 Å². The highest BCUT2D eigenvalue weighted by Gasteiger charge is 2.25. The molecule has 0 radical (unpaired) electrons. The van der Waals surface area contributed by atoms with Crippen molar-refractivity contribution in [3.63, 3.8) is 0 Å². The van der Waals surface area contributed by atoms with E-state index in [1.165, 1.54) is 38.5 Å². The van der Waals surface area contributed by atoms with E-state index in [0.717, 1.165) is 31.8 Å². The van der Waals surface area contributed by atoms with Gasteiger partial charge in [0, 0.05) is 31.6 Å². The summed E-state index contributed by atoms with van der Waals surface area (Å²) in [7, 11) is 0. The van der Waals surface area contributed by atoms with Crippen LogP contribution in [0.5, 0.6) is 0 Å². The second kappa shape index (κ2) is 7.28. The molecule has 2 fully saturated rings. The van der Waals surface area contributed by atoms with Gasteiger partial charge in [0.05, 0.1) is 0 Å². The number of hydrogen-bond acceptors (Lipinski definition) is 2. The molecule has 110 valence electrons. The lowest BCUT2D eigenvalue weighted by atomic mass is 9.83. The fourth-order valence-electron chi connectivity index (χ4n) is 3.71. The molecule has 0 bridgehead atoms. The van der Waals surface area contributed by atoms with Gasteiger partial charge in [0.2, 0.25) is 5.91 Å². The van der Waals surface area contributed by atoms with E-state index in [-0.39, 0.29) is 0 Å². The average Bonchev–Trinajstić information content (AvgIpc) is 2.78. The van der Waals surface area contributed by atoms with Crippen molar-refractivity contribution in [3.05, 3.63) is 0 Å². The Labute approximate surface area is 118 Å². The molecule has 0 aromatic rings. The summed E-state index contributed by atoms with van der Waals surface area (Å²) in [5, 5.41) is 3.74. The van der Waals surface area contributed by atoms with Gasteiger partial charge in [0.1, 0.15) is 0 Å². The molecule has 1 N–H and O–H groups in total. The molecule has 1 unspecified atom stereocenters. The third-order valence-electron chi connectivity index (χ3n) is 4.73. The molecular formula is C16H30N2O. The van der Waals surface area contributed by atoms with Gasteiger partial charge < -0.3 is 10.2 Å². The van der Waals surface area contributed by atoms with Crippen molar-refractivity contribution in [3.8, 4) is 0 Å². The minimum Gasteiger partial charge on any atom is -0.341 e. The smallest absolute Gasteiger partial charge is 0.222 e. The van der Waals surface area contributed by atoms with Crippen LogP contribution in [-0.2, 0) is 4.79 Å². The van der Waals surface area contributed by atoms with Gasteiger partial charge in [-0.1, -0.05) is 19.8 Å². The second-order valence-corrected chi connectivity index (χ2v) is 6.52. The molecule has 2 aliphatic rings. The van der Waals surface area contributed by atoms with Gasteiger partial charge in [0.15, 0.2) is 0 Å². The predicted molar refractivity (Wildman–Crippen MR) is 79.1 cm³/mol. The minimum atomic E-state index is 0.348. The van der Waals surface area contributed by atoms with E-state index in [0.29, 0.717) is 18.0 Å². The van der Waals surface area contributed by atoms with Gasteiger partial charge in [0.25, 0.3) is 0 Å². The highest BCUT2D eigenvalue weighted by atomic mass is 16.2. The monoisotopic (exact) mass is 266 g/mol. The first-order valence-corrected chi connectivity index (χ1v) is 8.23. The van der Waals surface area contributed by atoms with Crippen LogP contribution in [0.4, 0.5) is 0 Å². The lowest BCUT2D eigenvalue weighted by molar-refractivity contribution is -0.128. The molecule has 1 amide bonds. The number of nitrogens with zero attached hydrogens (tertiary/aromatic N) is 1. The van der Waals surface area contributed by atoms with Crippen LogP contribution in [0.15, 0.2) is 0 Å². The Hall–Kier alpha value is -0.570. The number of amides is 1. The van der Waals surface area contributed by atoms with E-state index in [1.807, 2.05) is 4.90 Å². The highest BCUT2D eigenvalue weighted by Crippen LogP contribution is 2.28. The van der Waals surface area contributed by atoms with E-state index >= 15 is 0 Å². The van der Waals surface area contributed by atoms with E-state index in [2.05, 4.69) is 19.2 Å². The fourth-order valence-corrected chi connectivity index (χ4v) is 3.71. The molecule has 1 saturated carbocycles. The van der Waals surface area contributed by atoms with Crippen LogP contribution < -0.4 is 5.32 Å². The maximum absolute atomic E-state index is 11.6. The van der Waals surface area contributed by atoms with E-state index in [9.17, 15) is 4.79 Å². The predicted octanol–water partition coefficient (Wildman–Crippen LogP) is 2.95. The molecule has 1 aliphatic carbocycles. The average molecular weight is 266 g/mol. The third kappa shape index (κ3) is 4.48. The Kier molecular flexibility index (Phi) is 5.68. The number of nitrogens with one attached hydrogen (secondary N) is 1. The van der Waals surface area contributed by atoms with Crippen molar-refractivity contribution in [2.75, 3.05) is 13.1 Å². The number of rotatable bonds is 6. The molecule has 1 atom stereocenters. The molecule has 2 rings (SSSR count). The summed E-state index contributed by atoms with van der Waals surface area (Å²) in [5.41, 5.74) is 0. The zero-order valence-electron chi connectivity index (χ0n) is 12.7. The maximum Gasteiger partial charge on any atom is 0.222 e. The Bertz CT molecular complexity index is 284. The van der Waals surface area contributed by atoms with Gasteiger partial charge in [-0.2, -0.15) is 0 Å². The summed E-state index contributed by atoms with van der Waals surface area (Å²) in [6, 6.07) is 1.12. The van der Waals surface area contributed by atoms with Crippen molar-refractivity contribution in [2.24, 2.45) is 5.92 Å². The zero-order valence-corrected chi connectivity index (χ0v) is 12.7. The number of likely N-dealkylation sites (tertiary alicyclic amines) is 1. The summed E-state index contributed by atoms with van der Waals surface area (Å²) in [5.74, 6) is 1.32. The van der Waals surface area contributed by atoms with Crippen LogP contribution >= 0.6 is 0 Å². The molecule has 19 heavy (non-hydrogen) atoms. The quantitative estimate of drug-likeness (QED) is 0.801. The summed E-state index contributed by atoms with van der Waals surface area (Å²) >= 11 is 0. The van der Waals surface area contributed by atoms with Crippen LogP contribution in [0.3, 0.4) is 0 Å². The zero-order chi connectivity index (χ0) is 13.7. The number of carbonyl (C=O) groups is 1. The minimum absolute atomic E-state index is 0.348. The molecule has 3 nitrogen and oxygen atoms in total. The molecule has 1 aliphatic heterocycles. The first-order valence-electron chi connectivity index (χ1n) is 8.23. The van der Waals surface area contributed by atoms with Crippen molar-refractivity contribution >= 4 is 5.91 Å². The summed E-state index contributed by atoms with van der Waals surface area (Å²) in [4.78, 5) is 13.6. The van der Waals surface area contributed by atoms with E-state index in [1.54, 1.807) is 0 Å². The molecular weight excluding hydrogens is 236 g/mol. The fraction of sp³-hybridized carbons (Fsp3) is 0.938. The van der Waals surface area contributed by atoms with Crippen molar-refractivity contribution in [1.82, 2.24) is 10.2 Å². The van der Waals surface area contributed by atoms with Crippen LogP contribution in [-0.4, -0.2) is 36.0 Å². The first-order chi connectivity index (χ1) is 9.19. The second-order valence-electron chi connectivity index (χ2n) is 6.52. The Balaban J connectivity index is 1.66. The lowest BCUT2D eigenvalue weighted by Gasteiger charge is -2.32. The first kappa shape index (κ1) is 14.8. The van der Waals surface area contributed by atoms with E-state index in [4.69, 9.17) is 0 Å². The normalized spacial score (nSPS) is 29.8. The number of carbonyl (C=O) groups excluding carboxylic acids is 1. The van der Waals surface area contributed by atoms with Crippen LogP contribution in [0.2, 0.25) is 0 Å². The molecule has 0 aromatic carbocycles. The molecule has 0 spiro atoms. The largest absolute Gasteiger partial charge is 0.341 e. The number of hydrogen-bond donors (Lipinski definition) is 1. The van der Waals surface area contributed by atoms with Gasteiger partial charge in [-0.25, -0.2) is 0 Å². The summed E-state index contributed by atoms with van der Waals surface area (Å²) in [6.45, 7) is 6.38. The van der Waals surface area contributed by atoms with Gasteiger partial charge in [-0.05, 0) is 44.9 Å². The summed E-state index contributed by atoms with van der Waals surface area (Å²) in [6.07, 6.45) is 9.97. The van der Waals surface area contributed by atoms with Gasteiger partial charge in [-0.3, -0.25) is 4.79 Å². The lowest BCUT2D eigenvalue weighted by Crippen LogP contribution is -2.45. The molecule has 1 saturated heterocycles. The van der Waals surface area contributed by atoms with Crippen LogP contribution in [0.25, 0.3) is 0 Å². The highest BCUT2D eigenvalue weighted by molar-refractivity contribution is 5.78. The van der Waals surface area contributed by atoms with E-state index < -0.39 is 0 Å². The summed E-state index contributed by atoms with van der Waals surface area (Å²) < 4.78 is 0. The third-order valence-corrected chi connectivity index (χ3v) is 4.73. The van der Waals surface area contributed by atoms with Crippen molar-refractivity contribution in [1.29, 1.82) is 0 Å². The standard InChI is InChI=1S/C16H30N2O/c1-3-5-14-7-9-15(10-8-14)17-13(2)12-18-11-4-6-16(18)19/h13-15,17H,3-12H2,1-2H3.